The Morgan fingerprint density at radius 3 is 2.55 bits per heavy atom. The van der Waals surface area contributed by atoms with E-state index in [0.29, 0.717) is 11.3 Å². The van der Waals surface area contributed by atoms with Crippen molar-refractivity contribution in [3.8, 4) is 0 Å². The maximum Gasteiger partial charge on any atom is 0.443 e. The van der Waals surface area contributed by atoms with Gasteiger partial charge < -0.3 is 11.1 Å². The van der Waals surface area contributed by atoms with Crippen LogP contribution in [-0.4, -0.2) is 16.8 Å². The molecule has 0 unspecified atom stereocenters. The molecule has 22 heavy (non-hydrogen) atoms. The number of nitrogens with one attached hydrogen (secondary N) is 1. The van der Waals surface area contributed by atoms with Gasteiger partial charge in [0, 0.05) is 10.9 Å². The number of hydrogen-bond acceptors (Lipinski definition) is 4. The summed E-state index contributed by atoms with van der Waals surface area (Å²) in [5.41, 5.74) is 4.83. The molecule has 0 atom stereocenters. The minimum atomic E-state index is -4.62. The summed E-state index contributed by atoms with van der Waals surface area (Å²) in [4.78, 5) is 26.2. The quantitative estimate of drug-likeness (QED) is 0.892. The van der Waals surface area contributed by atoms with Crippen LogP contribution in [0.2, 0.25) is 5.02 Å². The minimum Gasteiger partial charge on any atom is -0.366 e. The Hall–Kier alpha value is -2.13. The van der Waals surface area contributed by atoms with Gasteiger partial charge in [-0.05, 0) is 18.2 Å². The van der Waals surface area contributed by atoms with Crippen LogP contribution in [0.25, 0.3) is 0 Å². The molecule has 2 rings (SSSR count). The van der Waals surface area contributed by atoms with E-state index in [9.17, 15) is 22.8 Å². The molecule has 0 aliphatic heterocycles. The lowest BCUT2D eigenvalue weighted by molar-refractivity contribution is -0.137. The van der Waals surface area contributed by atoms with Crippen molar-refractivity contribution in [2.45, 2.75) is 6.18 Å². The number of rotatable bonds is 3. The Morgan fingerprint density at radius 1 is 1.32 bits per heavy atom. The normalized spacial score (nSPS) is 11.3. The zero-order valence-corrected chi connectivity index (χ0v) is 12.1. The highest BCUT2D eigenvalue weighted by molar-refractivity contribution is 7.10. The summed E-state index contributed by atoms with van der Waals surface area (Å²) in [5, 5.41) is 2.23. The zero-order chi connectivity index (χ0) is 16.5. The number of hydrogen-bond donors (Lipinski definition) is 2. The second kappa shape index (κ2) is 5.93. The number of carbonyl (C=O) groups is 2. The highest BCUT2D eigenvalue weighted by atomic mass is 35.5. The molecule has 0 fully saturated rings. The summed E-state index contributed by atoms with van der Waals surface area (Å²) in [7, 11) is 0. The Balaban J connectivity index is 2.24. The Morgan fingerprint density at radius 2 is 2.00 bits per heavy atom. The van der Waals surface area contributed by atoms with E-state index in [4.69, 9.17) is 17.3 Å². The molecule has 1 aromatic carbocycles. The maximum absolute atomic E-state index is 12.4. The van der Waals surface area contributed by atoms with E-state index in [2.05, 4.69) is 10.3 Å². The van der Waals surface area contributed by atoms with Gasteiger partial charge in [0.1, 0.15) is 5.69 Å². The van der Waals surface area contributed by atoms with Gasteiger partial charge in [0.25, 0.3) is 5.91 Å². The van der Waals surface area contributed by atoms with Gasteiger partial charge in [0.05, 0.1) is 10.7 Å². The number of carbonyl (C=O) groups excluding carboxylic acids is 2. The summed E-state index contributed by atoms with van der Waals surface area (Å²) >= 11 is 6.15. The fourth-order valence-electron chi connectivity index (χ4n) is 1.47. The van der Waals surface area contributed by atoms with E-state index in [1.807, 2.05) is 0 Å². The summed E-state index contributed by atoms with van der Waals surface area (Å²) in [5.74, 6) is -1.62. The number of primary amides is 1. The molecule has 10 heteroatoms. The van der Waals surface area contributed by atoms with Crippen LogP contribution in [-0.2, 0) is 6.18 Å². The van der Waals surface area contributed by atoms with Gasteiger partial charge in [0.15, 0.2) is 5.01 Å². The number of anilines is 1. The van der Waals surface area contributed by atoms with Crippen molar-refractivity contribution in [3.05, 3.63) is 44.9 Å². The third-order valence-electron chi connectivity index (χ3n) is 2.48. The SMILES string of the molecule is NC(=O)c1ccc(Cl)c(NC(=O)c2csc(C(F)(F)F)n2)c1. The van der Waals surface area contributed by atoms with Crippen LogP contribution in [0.5, 0.6) is 0 Å². The Labute approximate surface area is 130 Å². The molecule has 2 amide bonds. The average Bonchev–Trinajstić information content (AvgIpc) is 2.90. The van der Waals surface area contributed by atoms with E-state index in [1.165, 1.54) is 18.2 Å². The van der Waals surface area contributed by atoms with Gasteiger partial charge in [-0.3, -0.25) is 9.59 Å². The molecular formula is C12H7ClF3N3O2S. The van der Waals surface area contributed by atoms with Crippen molar-refractivity contribution in [1.82, 2.24) is 4.98 Å². The van der Waals surface area contributed by atoms with Crippen LogP contribution in [0.4, 0.5) is 18.9 Å². The van der Waals surface area contributed by atoms with Crippen LogP contribution < -0.4 is 11.1 Å². The largest absolute Gasteiger partial charge is 0.443 e. The second-order valence-corrected chi connectivity index (χ2v) is 5.31. The summed E-state index contributed by atoms with van der Waals surface area (Å²) in [6.45, 7) is 0. The molecule has 116 valence electrons. The first-order valence-electron chi connectivity index (χ1n) is 5.62. The first kappa shape index (κ1) is 16.2. The third kappa shape index (κ3) is 3.55. The summed E-state index contributed by atoms with van der Waals surface area (Å²) in [6.07, 6.45) is -4.62. The molecule has 0 aliphatic rings. The maximum atomic E-state index is 12.4. The fourth-order valence-corrected chi connectivity index (χ4v) is 2.30. The molecule has 0 aliphatic carbocycles. The van der Waals surface area contributed by atoms with Crippen molar-refractivity contribution in [2.24, 2.45) is 5.73 Å². The Bertz CT molecular complexity index is 745. The standard InChI is InChI=1S/C12H7ClF3N3O2S/c13-6-2-1-5(9(17)20)3-7(6)18-10(21)8-4-22-11(19-8)12(14,15)16/h1-4H,(H2,17,20)(H,18,21). The molecule has 5 nitrogen and oxygen atoms in total. The smallest absolute Gasteiger partial charge is 0.366 e. The first-order valence-corrected chi connectivity index (χ1v) is 6.87. The van der Waals surface area contributed by atoms with Crippen LogP contribution in [0.15, 0.2) is 23.6 Å². The van der Waals surface area contributed by atoms with E-state index in [1.54, 1.807) is 0 Å². The lowest BCUT2D eigenvalue weighted by Gasteiger charge is -2.07. The number of nitrogens with two attached hydrogens (primary N) is 1. The predicted molar refractivity (Wildman–Crippen MR) is 75.0 cm³/mol. The van der Waals surface area contributed by atoms with Gasteiger partial charge in [-0.2, -0.15) is 13.2 Å². The molecule has 0 saturated heterocycles. The lowest BCUT2D eigenvalue weighted by Crippen LogP contribution is -2.15. The summed E-state index contributed by atoms with van der Waals surface area (Å²) in [6, 6.07) is 3.91. The zero-order valence-electron chi connectivity index (χ0n) is 10.6. The first-order chi connectivity index (χ1) is 10.2. The van der Waals surface area contributed by atoms with Crippen LogP contribution in [0, 0.1) is 0 Å². The second-order valence-electron chi connectivity index (χ2n) is 4.05. The molecule has 0 saturated carbocycles. The molecule has 2 aromatic rings. The molecule has 0 spiro atoms. The van der Waals surface area contributed by atoms with E-state index >= 15 is 0 Å². The molecule has 1 heterocycles. The minimum absolute atomic E-state index is 0.0459. The fraction of sp³-hybridized carbons (Fsp3) is 0.0833. The number of halogens is 4. The highest BCUT2D eigenvalue weighted by Gasteiger charge is 2.35. The van der Waals surface area contributed by atoms with Crippen molar-refractivity contribution >= 4 is 40.4 Å². The average molecular weight is 350 g/mol. The predicted octanol–water partition coefficient (Wildman–Crippen LogP) is 3.17. The topological polar surface area (TPSA) is 85.1 Å². The number of benzene rings is 1. The van der Waals surface area contributed by atoms with Gasteiger partial charge >= 0.3 is 6.18 Å². The van der Waals surface area contributed by atoms with Crippen LogP contribution in [0.3, 0.4) is 0 Å². The molecule has 0 radical (unpaired) electrons. The van der Waals surface area contributed by atoms with Crippen molar-refractivity contribution in [2.75, 3.05) is 5.32 Å². The molecule has 0 bridgehead atoms. The number of amides is 2. The number of aromatic nitrogens is 1. The van der Waals surface area contributed by atoms with Gasteiger partial charge in [-0.25, -0.2) is 4.98 Å². The van der Waals surface area contributed by atoms with Crippen LogP contribution in [0.1, 0.15) is 25.9 Å². The number of alkyl halides is 3. The number of nitrogens with zero attached hydrogens (tertiary/aromatic N) is 1. The van der Waals surface area contributed by atoms with Crippen molar-refractivity contribution < 1.29 is 22.8 Å². The van der Waals surface area contributed by atoms with E-state index in [-0.39, 0.29) is 16.3 Å². The van der Waals surface area contributed by atoms with E-state index < -0.39 is 28.7 Å². The van der Waals surface area contributed by atoms with Gasteiger partial charge in [0.2, 0.25) is 5.91 Å². The lowest BCUT2D eigenvalue weighted by atomic mass is 10.2. The van der Waals surface area contributed by atoms with Gasteiger partial charge in [-0.1, -0.05) is 11.6 Å². The van der Waals surface area contributed by atoms with Crippen molar-refractivity contribution in [3.63, 3.8) is 0 Å². The highest BCUT2D eigenvalue weighted by Crippen LogP contribution is 2.32. The molecule has 1 aromatic heterocycles. The van der Waals surface area contributed by atoms with Crippen LogP contribution >= 0.6 is 22.9 Å². The molecule has 3 N–H and O–H groups in total. The monoisotopic (exact) mass is 349 g/mol. The Kier molecular flexibility index (Phi) is 4.38. The number of thiazole rings is 1. The third-order valence-corrected chi connectivity index (χ3v) is 3.70. The van der Waals surface area contributed by atoms with Crippen molar-refractivity contribution in [1.29, 1.82) is 0 Å². The van der Waals surface area contributed by atoms with E-state index in [0.717, 1.165) is 5.38 Å². The summed E-state index contributed by atoms with van der Waals surface area (Å²) < 4.78 is 37.3. The molecular weight excluding hydrogens is 343 g/mol. The van der Waals surface area contributed by atoms with Gasteiger partial charge in [-0.15, -0.1) is 11.3 Å².